The third-order valence-electron chi connectivity index (χ3n) is 5.90. The molecule has 39 heavy (non-hydrogen) atoms. The smallest absolute Gasteiger partial charge is 0.343 e. The van der Waals surface area contributed by atoms with Crippen molar-refractivity contribution in [2.75, 3.05) is 11.3 Å². The molecule has 0 amide bonds. The zero-order valence-electron chi connectivity index (χ0n) is 20.6. The van der Waals surface area contributed by atoms with Gasteiger partial charge in [-0.1, -0.05) is 77.5 Å². The molecule has 0 atom stereocenters. The molecule has 5 rings (SSSR count). The zero-order valence-corrected chi connectivity index (χ0v) is 23.0. The van der Waals surface area contributed by atoms with Crippen LogP contribution in [0.25, 0.3) is 21.5 Å². The Bertz CT molecular complexity index is 1830. The number of thiazole rings is 1. The summed E-state index contributed by atoms with van der Waals surface area (Å²) in [6.07, 6.45) is 1.44. The second kappa shape index (κ2) is 11.0. The van der Waals surface area contributed by atoms with Gasteiger partial charge < -0.3 is 9.30 Å². The van der Waals surface area contributed by atoms with Crippen molar-refractivity contribution in [3.63, 3.8) is 0 Å². The summed E-state index contributed by atoms with van der Waals surface area (Å²) in [7, 11) is -4.00. The van der Waals surface area contributed by atoms with E-state index >= 15 is 0 Å². The summed E-state index contributed by atoms with van der Waals surface area (Å²) in [5, 5.41) is 0.386. The molecule has 0 aliphatic heterocycles. The van der Waals surface area contributed by atoms with Crippen LogP contribution < -0.4 is 10.2 Å². The molecule has 0 bridgehead atoms. The maximum Gasteiger partial charge on any atom is 0.343 e. The summed E-state index contributed by atoms with van der Waals surface area (Å²) in [6, 6.07) is 23.3. The van der Waals surface area contributed by atoms with E-state index in [4.69, 9.17) is 16.3 Å². The van der Waals surface area contributed by atoms with Gasteiger partial charge in [-0.25, -0.2) is 18.2 Å². The van der Waals surface area contributed by atoms with Crippen molar-refractivity contribution in [1.29, 1.82) is 0 Å². The Morgan fingerprint density at radius 2 is 1.72 bits per heavy atom. The van der Waals surface area contributed by atoms with Crippen LogP contribution in [-0.2, 0) is 21.3 Å². The number of benzene rings is 3. The van der Waals surface area contributed by atoms with Gasteiger partial charge >= 0.3 is 5.97 Å². The lowest BCUT2D eigenvalue weighted by Gasteiger charge is -2.14. The molecule has 198 valence electrons. The number of sulfonamides is 1. The summed E-state index contributed by atoms with van der Waals surface area (Å²) >= 11 is 6.89. The van der Waals surface area contributed by atoms with Crippen LogP contribution in [0.15, 0.2) is 94.7 Å². The molecule has 8 nitrogen and oxygen atoms in total. The molecule has 0 aliphatic carbocycles. The van der Waals surface area contributed by atoms with Crippen molar-refractivity contribution < 1.29 is 17.9 Å². The second-order valence-corrected chi connectivity index (χ2v) is 11.6. The maximum absolute atomic E-state index is 13.3. The van der Waals surface area contributed by atoms with Crippen LogP contribution in [0.4, 0.5) is 5.13 Å². The number of carbonyl (C=O) groups is 1. The predicted molar refractivity (Wildman–Crippen MR) is 153 cm³/mol. The minimum absolute atomic E-state index is 0.00891. The summed E-state index contributed by atoms with van der Waals surface area (Å²) in [6.45, 7) is 2.04. The number of carbonyl (C=O) groups excluding carboxylic acids is 1. The first-order chi connectivity index (χ1) is 18.8. The van der Waals surface area contributed by atoms with E-state index in [1.165, 1.54) is 30.5 Å². The van der Waals surface area contributed by atoms with Crippen LogP contribution in [0, 0.1) is 0 Å². The average Bonchev–Trinajstić information content (AvgIpc) is 3.35. The number of nitrogens with one attached hydrogen (secondary N) is 1. The highest BCUT2D eigenvalue weighted by molar-refractivity contribution is 7.93. The van der Waals surface area contributed by atoms with Crippen LogP contribution in [0.2, 0.25) is 5.02 Å². The molecule has 0 aliphatic rings. The topological polar surface area (TPSA) is 107 Å². The number of hydrogen-bond acceptors (Lipinski definition) is 7. The fraction of sp³-hybridized carbons (Fsp3) is 0.107. The number of ether oxygens (including phenoxy) is 1. The number of anilines is 1. The number of nitrogens with zero attached hydrogens (tertiary/aromatic N) is 2. The van der Waals surface area contributed by atoms with Gasteiger partial charge in [0.2, 0.25) is 5.43 Å². The zero-order chi connectivity index (χ0) is 27.6. The van der Waals surface area contributed by atoms with Gasteiger partial charge in [-0.3, -0.25) is 9.52 Å². The highest BCUT2D eigenvalue weighted by Crippen LogP contribution is 2.30. The lowest BCUT2D eigenvalue weighted by atomic mass is 9.99. The fourth-order valence-corrected chi connectivity index (χ4v) is 6.40. The molecule has 2 aromatic heterocycles. The second-order valence-electron chi connectivity index (χ2n) is 8.48. The Balaban J connectivity index is 1.62. The molecule has 0 saturated carbocycles. The summed E-state index contributed by atoms with van der Waals surface area (Å²) in [4.78, 5) is 30.6. The SMILES string of the molecule is CCOC(=O)c1cn(Cc2ccccc2-c2ccccc2)c2sc(NS(=O)(=O)c3ccc(Cl)cc3)nc2c1=O. The van der Waals surface area contributed by atoms with Gasteiger partial charge in [0, 0.05) is 17.8 Å². The van der Waals surface area contributed by atoms with E-state index in [0.29, 0.717) is 16.4 Å². The van der Waals surface area contributed by atoms with E-state index in [1.54, 1.807) is 11.5 Å². The van der Waals surface area contributed by atoms with E-state index in [9.17, 15) is 18.0 Å². The highest BCUT2D eigenvalue weighted by atomic mass is 35.5. The Labute approximate surface area is 233 Å². The van der Waals surface area contributed by atoms with Gasteiger partial charge in [0.25, 0.3) is 10.0 Å². The number of rotatable bonds is 8. The molecule has 0 radical (unpaired) electrons. The number of pyridine rings is 1. The minimum Gasteiger partial charge on any atom is -0.462 e. The van der Waals surface area contributed by atoms with Gasteiger partial charge in [0.1, 0.15) is 15.9 Å². The fourth-order valence-electron chi connectivity index (χ4n) is 4.10. The van der Waals surface area contributed by atoms with Crippen molar-refractivity contribution in [3.8, 4) is 11.1 Å². The quantitative estimate of drug-likeness (QED) is 0.233. The van der Waals surface area contributed by atoms with E-state index in [0.717, 1.165) is 28.0 Å². The lowest BCUT2D eigenvalue weighted by molar-refractivity contribution is 0.0524. The minimum atomic E-state index is -4.00. The number of hydrogen-bond donors (Lipinski definition) is 1. The maximum atomic E-state index is 13.3. The standard InChI is InChI=1S/C28H22ClN3O5S2/c1-2-37-27(34)23-17-32(16-19-10-6-7-11-22(19)18-8-4-3-5-9-18)26-24(25(23)33)30-28(38-26)31-39(35,36)21-14-12-20(29)13-15-21/h3-15,17H,2,16H2,1H3,(H,30,31). The first-order valence-electron chi connectivity index (χ1n) is 11.9. The largest absolute Gasteiger partial charge is 0.462 e. The number of fused-ring (bicyclic) bond motifs is 1. The Kier molecular flexibility index (Phi) is 7.51. The van der Waals surface area contributed by atoms with Crippen LogP contribution >= 0.6 is 22.9 Å². The Hall–Kier alpha value is -3.99. The molecule has 0 saturated heterocycles. The van der Waals surface area contributed by atoms with Crippen molar-refractivity contribution in [3.05, 3.63) is 111 Å². The van der Waals surface area contributed by atoms with Gasteiger partial charge in [-0.15, -0.1) is 0 Å². The molecule has 1 N–H and O–H groups in total. The van der Waals surface area contributed by atoms with Crippen LogP contribution in [0.3, 0.4) is 0 Å². The van der Waals surface area contributed by atoms with E-state index in [1.807, 2.05) is 54.6 Å². The molecule has 2 heterocycles. The summed E-state index contributed by atoms with van der Waals surface area (Å²) in [5.74, 6) is -0.772. The van der Waals surface area contributed by atoms with Crippen molar-refractivity contribution in [2.24, 2.45) is 0 Å². The van der Waals surface area contributed by atoms with E-state index in [2.05, 4.69) is 9.71 Å². The molecule has 3 aromatic carbocycles. The summed E-state index contributed by atoms with van der Waals surface area (Å²) in [5.41, 5.74) is 2.08. The molecule has 0 fully saturated rings. The van der Waals surface area contributed by atoms with Crippen LogP contribution in [-0.4, -0.2) is 30.5 Å². The molecule has 11 heteroatoms. The average molecular weight is 580 g/mol. The Morgan fingerprint density at radius 1 is 1.03 bits per heavy atom. The Morgan fingerprint density at radius 3 is 2.44 bits per heavy atom. The van der Waals surface area contributed by atoms with Gasteiger partial charge in [-0.05, 0) is 47.9 Å². The van der Waals surface area contributed by atoms with Gasteiger partial charge in [0.15, 0.2) is 5.13 Å². The first-order valence-corrected chi connectivity index (χ1v) is 14.6. The van der Waals surface area contributed by atoms with Crippen molar-refractivity contribution >= 4 is 54.4 Å². The molecule has 0 unspecified atom stereocenters. The molecule has 5 aromatic rings. The van der Waals surface area contributed by atoms with Gasteiger partial charge in [0.05, 0.1) is 11.5 Å². The summed E-state index contributed by atoms with van der Waals surface area (Å²) < 4.78 is 35.2. The van der Waals surface area contributed by atoms with Crippen LogP contribution in [0.1, 0.15) is 22.8 Å². The molecule has 0 spiro atoms. The van der Waals surface area contributed by atoms with Crippen molar-refractivity contribution in [2.45, 2.75) is 18.4 Å². The molecular weight excluding hydrogens is 558 g/mol. The normalized spacial score (nSPS) is 11.4. The van der Waals surface area contributed by atoms with E-state index in [-0.39, 0.29) is 27.7 Å². The number of aromatic nitrogens is 2. The number of halogens is 1. The van der Waals surface area contributed by atoms with E-state index < -0.39 is 21.4 Å². The third kappa shape index (κ3) is 5.58. The first kappa shape index (κ1) is 26.6. The van der Waals surface area contributed by atoms with Crippen LogP contribution in [0.5, 0.6) is 0 Å². The van der Waals surface area contributed by atoms with Crippen molar-refractivity contribution in [1.82, 2.24) is 9.55 Å². The third-order valence-corrected chi connectivity index (χ3v) is 8.64. The molecular formula is C28H22ClN3O5S2. The van der Waals surface area contributed by atoms with Gasteiger partial charge in [-0.2, -0.15) is 0 Å². The predicted octanol–water partition coefficient (Wildman–Crippen LogP) is 5.80. The monoisotopic (exact) mass is 579 g/mol. The number of esters is 1. The lowest BCUT2D eigenvalue weighted by Crippen LogP contribution is -2.21. The highest BCUT2D eigenvalue weighted by Gasteiger charge is 2.23.